The van der Waals surface area contributed by atoms with E-state index in [0.717, 1.165) is 5.56 Å². The highest BCUT2D eigenvalue weighted by Gasteiger charge is 2.61. The van der Waals surface area contributed by atoms with E-state index in [1.165, 1.54) is 32.7 Å². The summed E-state index contributed by atoms with van der Waals surface area (Å²) in [5.41, 5.74) is 7.96. The summed E-state index contributed by atoms with van der Waals surface area (Å²) in [4.78, 5) is 29.1. The molecule has 2 amide bonds. The third-order valence-corrected chi connectivity index (χ3v) is 7.70. The third kappa shape index (κ3) is 2.48. The minimum absolute atomic E-state index is 0.0219. The molecule has 3 aliphatic carbocycles. The molecule has 1 heterocycles. The Labute approximate surface area is 189 Å². The van der Waals surface area contributed by atoms with Gasteiger partial charge < -0.3 is 0 Å². The van der Waals surface area contributed by atoms with Crippen molar-refractivity contribution in [2.24, 2.45) is 11.8 Å². The summed E-state index contributed by atoms with van der Waals surface area (Å²) in [5, 5.41) is 0. The van der Waals surface area contributed by atoms with Crippen molar-refractivity contribution >= 4 is 17.5 Å². The van der Waals surface area contributed by atoms with Crippen molar-refractivity contribution < 1.29 is 9.59 Å². The number of amides is 2. The van der Waals surface area contributed by atoms with Gasteiger partial charge >= 0.3 is 0 Å². The lowest BCUT2D eigenvalue weighted by Gasteiger charge is -2.46. The van der Waals surface area contributed by atoms with Crippen LogP contribution in [0.5, 0.6) is 0 Å². The van der Waals surface area contributed by atoms with Gasteiger partial charge in [-0.3, -0.25) is 9.59 Å². The van der Waals surface area contributed by atoms with Crippen molar-refractivity contribution in [3.63, 3.8) is 0 Å². The maximum atomic E-state index is 13.8. The number of imide groups is 1. The fraction of sp³-hybridized carbons (Fsp3) is 0.310. The average molecular weight is 422 g/mol. The first-order chi connectivity index (χ1) is 15.3. The normalized spacial score (nSPS) is 25.6. The molecular weight excluding hydrogens is 394 g/mol. The van der Waals surface area contributed by atoms with Gasteiger partial charge in [-0.15, -0.1) is 0 Å². The van der Waals surface area contributed by atoms with E-state index in [-0.39, 0.29) is 40.9 Å². The first-order valence-corrected chi connectivity index (χ1v) is 11.4. The molecule has 4 atom stereocenters. The molecule has 0 N–H and O–H groups in total. The lowest BCUT2D eigenvalue weighted by Crippen LogP contribution is -2.41. The van der Waals surface area contributed by atoms with Gasteiger partial charge in [0.05, 0.1) is 17.5 Å². The van der Waals surface area contributed by atoms with Gasteiger partial charge in [-0.25, -0.2) is 4.90 Å². The van der Waals surface area contributed by atoms with E-state index in [1.807, 2.05) is 31.2 Å². The molecule has 3 aromatic carbocycles. The number of aryl methyl sites for hydroxylation is 1. The van der Waals surface area contributed by atoms with Crippen LogP contribution in [0.1, 0.15) is 66.0 Å². The Morgan fingerprint density at radius 3 is 1.78 bits per heavy atom. The van der Waals surface area contributed by atoms with Gasteiger partial charge in [0.15, 0.2) is 0 Å². The van der Waals surface area contributed by atoms with Gasteiger partial charge in [-0.2, -0.15) is 0 Å². The summed E-state index contributed by atoms with van der Waals surface area (Å²) < 4.78 is 0. The first kappa shape index (κ1) is 19.5. The molecule has 0 aromatic heterocycles. The predicted molar refractivity (Wildman–Crippen MR) is 126 cm³/mol. The van der Waals surface area contributed by atoms with Crippen molar-refractivity contribution in [1.29, 1.82) is 0 Å². The van der Waals surface area contributed by atoms with Crippen molar-refractivity contribution in [2.45, 2.75) is 44.9 Å². The van der Waals surface area contributed by atoms with Gasteiger partial charge in [-0.1, -0.05) is 80.9 Å². The molecule has 160 valence electrons. The maximum Gasteiger partial charge on any atom is 0.238 e. The van der Waals surface area contributed by atoms with E-state index >= 15 is 0 Å². The van der Waals surface area contributed by atoms with Crippen LogP contribution in [0, 0.1) is 18.8 Å². The van der Waals surface area contributed by atoms with Crippen LogP contribution >= 0.6 is 0 Å². The third-order valence-electron chi connectivity index (χ3n) is 7.70. The van der Waals surface area contributed by atoms with Gasteiger partial charge in [0, 0.05) is 11.8 Å². The molecule has 4 aliphatic rings. The van der Waals surface area contributed by atoms with Crippen LogP contribution in [0.25, 0.3) is 0 Å². The number of hydrogen-bond donors (Lipinski definition) is 0. The molecule has 0 unspecified atom stereocenters. The van der Waals surface area contributed by atoms with Crippen LogP contribution in [0.2, 0.25) is 0 Å². The number of rotatable bonds is 1. The van der Waals surface area contributed by atoms with Crippen LogP contribution in [-0.4, -0.2) is 11.8 Å². The van der Waals surface area contributed by atoms with Crippen LogP contribution < -0.4 is 4.90 Å². The second kappa shape index (κ2) is 6.41. The first-order valence-electron chi connectivity index (χ1n) is 11.4. The number of carbonyl (C=O) groups is 2. The fourth-order valence-corrected chi connectivity index (χ4v) is 6.14. The summed E-state index contributed by atoms with van der Waals surface area (Å²) in [6.07, 6.45) is 0. The Balaban J connectivity index is 1.56. The lowest BCUT2D eigenvalue weighted by atomic mass is 9.54. The molecule has 2 bridgehead atoms. The minimum Gasteiger partial charge on any atom is -0.274 e. The highest BCUT2D eigenvalue weighted by Crippen LogP contribution is 2.61. The number of anilines is 1. The molecule has 3 aromatic rings. The summed E-state index contributed by atoms with van der Waals surface area (Å²) in [6.45, 7) is 8.67. The summed E-state index contributed by atoms with van der Waals surface area (Å²) >= 11 is 0. The zero-order valence-electron chi connectivity index (χ0n) is 18.9. The maximum absolute atomic E-state index is 13.8. The number of benzene rings is 3. The fourth-order valence-electron chi connectivity index (χ4n) is 6.14. The highest BCUT2D eigenvalue weighted by atomic mass is 16.2. The van der Waals surface area contributed by atoms with Crippen molar-refractivity contribution in [2.75, 3.05) is 4.90 Å². The highest BCUT2D eigenvalue weighted by molar-refractivity contribution is 6.23. The van der Waals surface area contributed by atoms with Crippen molar-refractivity contribution in [3.05, 3.63) is 100 Å². The molecule has 7 rings (SSSR count). The Hall–Kier alpha value is -3.20. The Kier molecular flexibility index (Phi) is 3.90. The predicted octanol–water partition coefficient (Wildman–Crippen LogP) is 5.69. The lowest BCUT2D eigenvalue weighted by molar-refractivity contribution is -0.122. The van der Waals surface area contributed by atoms with Crippen LogP contribution in [0.15, 0.2) is 66.7 Å². The van der Waals surface area contributed by atoms with Crippen LogP contribution in [0.3, 0.4) is 0 Å². The largest absolute Gasteiger partial charge is 0.274 e. The molecule has 1 fully saturated rings. The van der Waals surface area contributed by atoms with Crippen LogP contribution in [0.4, 0.5) is 5.69 Å². The van der Waals surface area contributed by atoms with E-state index in [2.05, 4.69) is 63.2 Å². The Bertz CT molecular complexity index is 1280. The second-order valence-corrected chi connectivity index (χ2v) is 10.6. The molecule has 32 heavy (non-hydrogen) atoms. The smallest absolute Gasteiger partial charge is 0.238 e. The molecular formula is C29H27NO2. The quantitative estimate of drug-likeness (QED) is 0.474. The van der Waals surface area contributed by atoms with Gasteiger partial charge in [0.2, 0.25) is 11.8 Å². The Morgan fingerprint density at radius 2 is 1.22 bits per heavy atom. The summed E-state index contributed by atoms with van der Waals surface area (Å²) in [5.74, 6) is -0.940. The van der Waals surface area contributed by atoms with E-state index in [4.69, 9.17) is 0 Å². The minimum atomic E-state index is -0.341. The zero-order valence-corrected chi connectivity index (χ0v) is 18.9. The average Bonchev–Trinajstić information content (AvgIpc) is 3.04. The number of carbonyl (C=O) groups excluding carboxylic acids is 2. The Morgan fingerprint density at radius 1 is 0.688 bits per heavy atom. The van der Waals surface area contributed by atoms with E-state index < -0.39 is 0 Å². The summed E-state index contributed by atoms with van der Waals surface area (Å²) in [7, 11) is 0. The van der Waals surface area contributed by atoms with E-state index in [1.54, 1.807) is 0 Å². The molecule has 0 saturated carbocycles. The molecule has 0 spiro atoms. The van der Waals surface area contributed by atoms with E-state index in [0.29, 0.717) is 5.69 Å². The van der Waals surface area contributed by atoms with Gasteiger partial charge in [0.25, 0.3) is 0 Å². The van der Waals surface area contributed by atoms with Crippen molar-refractivity contribution in [1.82, 2.24) is 0 Å². The number of hydrogen-bond acceptors (Lipinski definition) is 2. The molecule has 3 heteroatoms. The number of nitrogens with zero attached hydrogens (tertiary/aromatic N) is 1. The zero-order chi connectivity index (χ0) is 22.4. The van der Waals surface area contributed by atoms with Gasteiger partial charge in [0.1, 0.15) is 0 Å². The second-order valence-electron chi connectivity index (χ2n) is 10.6. The monoisotopic (exact) mass is 421 g/mol. The molecule has 1 aliphatic heterocycles. The van der Waals surface area contributed by atoms with Gasteiger partial charge in [-0.05, 0) is 52.3 Å². The topological polar surface area (TPSA) is 37.4 Å². The molecule has 3 nitrogen and oxygen atoms in total. The standard InChI is InChI=1S/C29H27NO2/c1-16-9-12-18(13-10-16)30-27(31)25-23-19-7-5-6-8-20(19)24(26(25)28(30)32)22-15-17(29(2,3)4)11-14-21(22)23/h5-15,23-26H,1-4H3/t23-,24-,25+,26+/m1/s1. The SMILES string of the molecule is Cc1ccc(N2C(=O)[C@H]3[C@@H]4c5ccccc5[C@H](c5cc(C(C)(C)C)ccc54)[C@@H]3C2=O)cc1. The summed E-state index contributed by atoms with van der Waals surface area (Å²) in [6, 6.07) is 22.8. The van der Waals surface area contributed by atoms with Crippen molar-refractivity contribution in [3.8, 4) is 0 Å². The molecule has 0 radical (unpaired) electrons. The van der Waals surface area contributed by atoms with Crippen LogP contribution in [-0.2, 0) is 15.0 Å². The molecule has 1 saturated heterocycles. The van der Waals surface area contributed by atoms with E-state index in [9.17, 15) is 9.59 Å².